The highest BCUT2D eigenvalue weighted by atomic mass is 32.2. The first-order valence-corrected chi connectivity index (χ1v) is 10.9. The molecule has 0 fully saturated rings. The van der Waals surface area contributed by atoms with Gasteiger partial charge in [0, 0.05) is 28.1 Å². The number of anilines is 2. The summed E-state index contributed by atoms with van der Waals surface area (Å²) in [7, 11) is 0. The molecule has 0 saturated heterocycles. The Hall–Kier alpha value is -3.32. The molecule has 0 radical (unpaired) electrons. The summed E-state index contributed by atoms with van der Waals surface area (Å²) in [6.07, 6.45) is 0.334. The van der Waals surface area contributed by atoms with Gasteiger partial charge in [0.05, 0.1) is 11.7 Å². The van der Waals surface area contributed by atoms with Gasteiger partial charge in [0.2, 0.25) is 11.8 Å². The molecule has 0 aliphatic heterocycles. The zero-order valence-corrected chi connectivity index (χ0v) is 17.9. The van der Waals surface area contributed by atoms with Crippen molar-refractivity contribution >= 4 is 51.7 Å². The zero-order chi connectivity index (χ0) is 22.2. The molecule has 6 nitrogen and oxygen atoms in total. The quantitative estimate of drug-likeness (QED) is 0.403. The van der Waals surface area contributed by atoms with Crippen molar-refractivity contribution in [3.8, 4) is 0 Å². The van der Waals surface area contributed by atoms with Gasteiger partial charge < -0.3 is 15.7 Å². The number of thioether (sulfide) groups is 1. The lowest BCUT2D eigenvalue weighted by Crippen LogP contribution is -2.24. The minimum absolute atomic E-state index is 0.0836. The zero-order valence-electron chi connectivity index (χ0n) is 17.1. The molecular formula is C24H24N2O4S. The van der Waals surface area contributed by atoms with Crippen molar-refractivity contribution < 1.29 is 19.5 Å². The number of aliphatic carboxylic acids is 1. The number of carbonyl (C=O) groups is 3. The highest BCUT2D eigenvalue weighted by Crippen LogP contribution is 2.30. The second-order valence-electron chi connectivity index (χ2n) is 7.00. The van der Waals surface area contributed by atoms with Crippen LogP contribution in [0.1, 0.15) is 26.2 Å². The van der Waals surface area contributed by atoms with Crippen LogP contribution in [-0.4, -0.2) is 28.1 Å². The van der Waals surface area contributed by atoms with Crippen LogP contribution in [0.5, 0.6) is 0 Å². The number of amides is 2. The number of hydrogen-bond acceptors (Lipinski definition) is 4. The molecule has 3 aromatic carbocycles. The van der Waals surface area contributed by atoms with Gasteiger partial charge in [-0.3, -0.25) is 14.4 Å². The highest BCUT2D eigenvalue weighted by molar-refractivity contribution is 8.00. The molecular weight excluding hydrogens is 412 g/mol. The molecule has 0 spiro atoms. The summed E-state index contributed by atoms with van der Waals surface area (Å²) < 4.78 is 0. The number of carboxylic acids is 1. The number of benzene rings is 3. The number of fused-ring (bicyclic) bond motifs is 1. The minimum Gasteiger partial charge on any atom is -0.481 e. The van der Waals surface area contributed by atoms with Gasteiger partial charge in [-0.2, -0.15) is 0 Å². The van der Waals surface area contributed by atoms with Crippen LogP contribution in [0.3, 0.4) is 0 Å². The maximum absolute atomic E-state index is 12.9. The van der Waals surface area contributed by atoms with Crippen LogP contribution in [0.25, 0.3) is 10.8 Å². The molecule has 0 heterocycles. The second kappa shape index (κ2) is 10.6. The minimum atomic E-state index is -1.01. The lowest BCUT2D eigenvalue weighted by molar-refractivity contribution is -0.138. The summed E-state index contributed by atoms with van der Waals surface area (Å²) in [5.41, 5.74) is 1.35. The molecule has 3 rings (SSSR count). The number of nitrogens with one attached hydrogen (secondary N) is 2. The van der Waals surface area contributed by atoms with E-state index in [-0.39, 0.29) is 29.9 Å². The van der Waals surface area contributed by atoms with Gasteiger partial charge >= 0.3 is 5.97 Å². The third kappa shape index (κ3) is 6.33. The van der Waals surface area contributed by atoms with Gasteiger partial charge in [-0.25, -0.2) is 0 Å². The van der Waals surface area contributed by atoms with Crippen LogP contribution < -0.4 is 10.6 Å². The molecule has 0 aromatic heterocycles. The normalized spacial score (nSPS) is 11.6. The van der Waals surface area contributed by atoms with E-state index < -0.39 is 5.97 Å². The van der Waals surface area contributed by atoms with E-state index in [9.17, 15) is 14.4 Å². The van der Waals surface area contributed by atoms with Crippen molar-refractivity contribution in [3.63, 3.8) is 0 Å². The van der Waals surface area contributed by atoms with E-state index in [0.717, 1.165) is 21.4 Å². The highest BCUT2D eigenvalue weighted by Gasteiger charge is 2.19. The summed E-state index contributed by atoms with van der Waals surface area (Å²) >= 11 is 1.42. The van der Waals surface area contributed by atoms with Crippen molar-refractivity contribution in [3.05, 3.63) is 66.7 Å². The van der Waals surface area contributed by atoms with E-state index >= 15 is 0 Å². The van der Waals surface area contributed by atoms with Crippen LogP contribution >= 0.6 is 11.8 Å². The Morgan fingerprint density at radius 3 is 2.45 bits per heavy atom. The fourth-order valence-electron chi connectivity index (χ4n) is 3.13. The van der Waals surface area contributed by atoms with E-state index in [0.29, 0.717) is 12.1 Å². The Morgan fingerprint density at radius 1 is 0.935 bits per heavy atom. The van der Waals surface area contributed by atoms with Crippen molar-refractivity contribution in [2.75, 3.05) is 10.6 Å². The largest absolute Gasteiger partial charge is 0.481 e. The molecule has 0 bridgehead atoms. The summed E-state index contributed by atoms with van der Waals surface area (Å²) in [4.78, 5) is 36.3. The Labute approximate surface area is 185 Å². The summed E-state index contributed by atoms with van der Waals surface area (Å²) in [5, 5.41) is 16.2. The lowest BCUT2D eigenvalue weighted by atomic mass is 10.1. The van der Waals surface area contributed by atoms with Crippen LogP contribution in [0.15, 0.2) is 71.6 Å². The number of hydrogen-bond donors (Lipinski definition) is 3. The van der Waals surface area contributed by atoms with Gasteiger partial charge in [0.15, 0.2) is 0 Å². The molecule has 7 heteroatoms. The first-order chi connectivity index (χ1) is 15.0. The van der Waals surface area contributed by atoms with Crippen LogP contribution in [-0.2, 0) is 14.4 Å². The molecule has 31 heavy (non-hydrogen) atoms. The Balaban J connectivity index is 1.67. The predicted octanol–water partition coefficient (Wildman–Crippen LogP) is 5.15. The van der Waals surface area contributed by atoms with Crippen LogP contribution in [0, 0.1) is 0 Å². The molecule has 1 unspecified atom stereocenters. The first-order valence-electron chi connectivity index (χ1n) is 10.0. The van der Waals surface area contributed by atoms with E-state index in [1.54, 1.807) is 18.2 Å². The molecule has 3 aromatic rings. The fraction of sp³-hybridized carbons (Fsp3) is 0.208. The van der Waals surface area contributed by atoms with Crippen molar-refractivity contribution in [1.82, 2.24) is 0 Å². The van der Waals surface area contributed by atoms with Gasteiger partial charge in [-0.05, 0) is 36.1 Å². The van der Waals surface area contributed by atoms with E-state index in [1.165, 1.54) is 11.8 Å². The predicted molar refractivity (Wildman–Crippen MR) is 124 cm³/mol. The number of carbonyl (C=O) groups excluding carboxylic acids is 2. The van der Waals surface area contributed by atoms with E-state index in [2.05, 4.69) is 10.6 Å². The van der Waals surface area contributed by atoms with Crippen LogP contribution in [0.4, 0.5) is 11.4 Å². The third-order valence-electron chi connectivity index (χ3n) is 4.67. The number of rotatable bonds is 9. The smallest absolute Gasteiger partial charge is 0.303 e. The average Bonchev–Trinajstić information content (AvgIpc) is 2.76. The van der Waals surface area contributed by atoms with E-state index in [4.69, 9.17) is 5.11 Å². The van der Waals surface area contributed by atoms with Gasteiger partial charge in [0.1, 0.15) is 0 Å². The summed E-state index contributed by atoms with van der Waals surface area (Å²) in [6, 6.07) is 20.9. The standard InChI is InChI=1S/C24H24N2O4S/c1-2-21(24(30)26-20-12-5-8-16-7-3-4-11-19(16)20)31-18-10-6-9-17(15-18)25-22(27)13-14-23(28)29/h3-12,15,21H,2,13-14H2,1H3,(H,25,27)(H,26,30)(H,28,29). The summed E-state index contributed by atoms with van der Waals surface area (Å²) in [5.74, 6) is -1.45. The lowest BCUT2D eigenvalue weighted by Gasteiger charge is -2.16. The summed E-state index contributed by atoms with van der Waals surface area (Å²) in [6.45, 7) is 1.96. The van der Waals surface area contributed by atoms with Gasteiger partial charge in [-0.15, -0.1) is 11.8 Å². The van der Waals surface area contributed by atoms with Gasteiger partial charge in [-0.1, -0.05) is 49.4 Å². The van der Waals surface area contributed by atoms with Crippen molar-refractivity contribution in [1.29, 1.82) is 0 Å². The molecule has 0 saturated carbocycles. The number of carboxylic acid groups (broad SMARTS) is 1. The van der Waals surface area contributed by atoms with Gasteiger partial charge in [0.25, 0.3) is 0 Å². The second-order valence-corrected chi connectivity index (χ2v) is 8.28. The average molecular weight is 437 g/mol. The van der Waals surface area contributed by atoms with Crippen LogP contribution in [0.2, 0.25) is 0 Å². The van der Waals surface area contributed by atoms with Crippen molar-refractivity contribution in [2.45, 2.75) is 36.3 Å². The first kappa shape index (κ1) is 22.4. The Bertz CT molecular complexity index is 1090. The van der Waals surface area contributed by atoms with Crippen molar-refractivity contribution in [2.24, 2.45) is 0 Å². The maximum Gasteiger partial charge on any atom is 0.303 e. The Morgan fingerprint density at radius 2 is 1.68 bits per heavy atom. The molecule has 0 aliphatic rings. The third-order valence-corrected chi connectivity index (χ3v) is 6.03. The molecule has 1 atom stereocenters. The Kier molecular flexibility index (Phi) is 7.67. The molecule has 0 aliphatic carbocycles. The van der Waals surface area contributed by atoms with E-state index in [1.807, 2.05) is 55.5 Å². The molecule has 2 amide bonds. The fourth-order valence-corrected chi connectivity index (χ4v) is 4.14. The topological polar surface area (TPSA) is 95.5 Å². The monoisotopic (exact) mass is 436 g/mol. The molecule has 3 N–H and O–H groups in total. The maximum atomic E-state index is 12.9. The molecule has 160 valence electrons. The SMILES string of the molecule is CCC(Sc1cccc(NC(=O)CCC(=O)O)c1)C(=O)Nc1cccc2ccccc12.